The third kappa shape index (κ3) is 2.60. The summed E-state index contributed by atoms with van der Waals surface area (Å²) in [5, 5.41) is 9.06. The molecule has 2 aromatic heterocycles. The van der Waals surface area contributed by atoms with Gasteiger partial charge in [-0.3, -0.25) is 4.98 Å². The smallest absolute Gasteiger partial charge is 0.122 e. The van der Waals surface area contributed by atoms with E-state index < -0.39 is 0 Å². The Bertz CT molecular complexity index is 527. The molecule has 2 rings (SSSR count). The van der Waals surface area contributed by atoms with Crippen LogP contribution in [0, 0.1) is 6.92 Å². The van der Waals surface area contributed by atoms with Crippen molar-refractivity contribution in [3.8, 4) is 17.1 Å². The molecular formula is C13H14N2O2. The second kappa shape index (κ2) is 4.93. The van der Waals surface area contributed by atoms with Gasteiger partial charge in [0.05, 0.1) is 30.8 Å². The third-order valence-corrected chi connectivity index (χ3v) is 2.39. The van der Waals surface area contributed by atoms with Gasteiger partial charge in [0.15, 0.2) is 0 Å². The van der Waals surface area contributed by atoms with Crippen LogP contribution in [0.1, 0.15) is 11.4 Å². The largest absolute Gasteiger partial charge is 0.497 e. The zero-order valence-electron chi connectivity index (χ0n) is 9.84. The van der Waals surface area contributed by atoms with Gasteiger partial charge >= 0.3 is 0 Å². The number of aliphatic hydroxyl groups is 1. The Kier molecular flexibility index (Phi) is 3.35. The van der Waals surface area contributed by atoms with Crippen molar-refractivity contribution in [3.05, 3.63) is 41.7 Å². The van der Waals surface area contributed by atoms with Crippen LogP contribution < -0.4 is 4.74 Å². The summed E-state index contributed by atoms with van der Waals surface area (Å²) in [7, 11) is 1.62. The molecule has 0 saturated heterocycles. The van der Waals surface area contributed by atoms with Crippen LogP contribution in [0.3, 0.4) is 0 Å². The predicted molar refractivity (Wildman–Crippen MR) is 64.7 cm³/mol. The maximum Gasteiger partial charge on any atom is 0.122 e. The van der Waals surface area contributed by atoms with E-state index >= 15 is 0 Å². The standard InChI is InChI=1S/C13H14N2O2/c1-9-6-11(17-2)7-13(14-9)12-5-3-4-10(8-16)15-12/h3-7,16H,8H2,1-2H3. The molecule has 0 saturated carbocycles. The van der Waals surface area contributed by atoms with Crippen LogP contribution >= 0.6 is 0 Å². The summed E-state index contributed by atoms with van der Waals surface area (Å²) in [5.74, 6) is 0.753. The fourth-order valence-electron chi connectivity index (χ4n) is 1.60. The molecule has 2 heterocycles. The lowest BCUT2D eigenvalue weighted by atomic mass is 10.2. The average Bonchev–Trinajstić information content (AvgIpc) is 2.38. The van der Waals surface area contributed by atoms with E-state index in [0.29, 0.717) is 5.69 Å². The highest BCUT2D eigenvalue weighted by atomic mass is 16.5. The van der Waals surface area contributed by atoms with Gasteiger partial charge in [-0.2, -0.15) is 0 Å². The van der Waals surface area contributed by atoms with Crippen LogP contribution in [0.2, 0.25) is 0 Å². The van der Waals surface area contributed by atoms with Crippen molar-refractivity contribution in [2.45, 2.75) is 13.5 Å². The van der Waals surface area contributed by atoms with Gasteiger partial charge in [0.1, 0.15) is 5.75 Å². The molecule has 4 heteroatoms. The van der Waals surface area contributed by atoms with Gasteiger partial charge in [0.25, 0.3) is 0 Å². The number of ether oxygens (including phenoxy) is 1. The lowest BCUT2D eigenvalue weighted by Gasteiger charge is -2.06. The zero-order valence-corrected chi connectivity index (χ0v) is 9.84. The molecule has 0 aliphatic rings. The van der Waals surface area contributed by atoms with Crippen LogP contribution in [-0.2, 0) is 6.61 Å². The molecule has 2 aromatic rings. The lowest BCUT2D eigenvalue weighted by Crippen LogP contribution is -1.95. The molecule has 0 spiro atoms. The average molecular weight is 230 g/mol. The maximum atomic E-state index is 9.06. The van der Waals surface area contributed by atoms with E-state index in [0.717, 1.165) is 22.8 Å². The molecule has 17 heavy (non-hydrogen) atoms. The Balaban J connectivity index is 2.47. The molecule has 0 atom stereocenters. The van der Waals surface area contributed by atoms with E-state index in [1.54, 1.807) is 13.2 Å². The molecule has 0 aliphatic heterocycles. The van der Waals surface area contributed by atoms with Crippen molar-refractivity contribution < 1.29 is 9.84 Å². The molecule has 0 amide bonds. The van der Waals surface area contributed by atoms with E-state index in [1.165, 1.54) is 0 Å². The first-order valence-corrected chi connectivity index (χ1v) is 5.33. The van der Waals surface area contributed by atoms with Crippen molar-refractivity contribution >= 4 is 0 Å². The first-order valence-electron chi connectivity index (χ1n) is 5.33. The summed E-state index contributed by atoms with van der Waals surface area (Å²) in [6.45, 7) is 1.83. The highest BCUT2D eigenvalue weighted by Crippen LogP contribution is 2.21. The van der Waals surface area contributed by atoms with Crippen LogP contribution in [0.5, 0.6) is 5.75 Å². The van der Waals surface area contributed by atoms with Gasteiger partial charge in [-0.1, -0.05) is 6.07 Å². The summed E-state index contributed by atoms with van der Waals surface area (Å²) in [6, 6.07) is 9.18. The number of aliphatic hydroxyl groups excluding tert-OH is 1. The molecule has 0 radical (unpaired) electrons. The van der Waals surface area contributed by atoms with Crippen molar-refractivity contribution in [3.63, 3.8) is 0 Å². The normalized spacial score (nSPS) is 10.3. The Morgan fingerprint density at radius 2 is 2.00 bits per heavy atom. The molecule has 4 nitrogen and oxygen atoms in total. The minimum Gasteiger partial charge on any atom is -0.497 e. The number of methoxy groups -OCH3 is 1. The number of pyridine rings is 2. The lowest BCUT2D eigenvalue weighted by molar-refractivity contribution is 0.277. The molecule has 88 valence electrons. The van der Waals surface area contributed by atoms with E-state index in [2.05, 4.69) is 9.97 Å². The number of nitrogens with zero attached hydrogens (tertiary/aromatic N) is 2. The number of rotatable bonds is 3. The highest BCUT2D eigenvalue weighted by molar-refractivity contribution is 5.56. The Morgan fingerprint density at radius 1 is 1.18 bits per heavy atom. The highest BCUT2D eigenvalue weighted by Gasteiger charge is 2.05. The Morgan fingerprint density at radius 3 is 2.71 bits per heavy atom. The second-order valence-electron chi connectivity index (χ2n) is 3.71. The molecule has 0 aromatic carbocycles. The molecule has 0 aliphatic carbocycles. The summed E-state index contributed by atoms with van der Waals surface area (Å²) in [6.07, 6.45) is 0. The van der Waals surface area contributed by atoms with E-state index in [-0.39, 0.29) is 6.61 Å². The Hall–Kier alpha value is -1.94. The molecule has 0 unspecified atom stereocenters. The van der Waals surface area contributed by atoms with Gasteiger partial charge in [-0.15, -0.1) is 0 Å². The molecule has 0 bridgehead atoms. The van der Waals surface area contributed by atoms with Gasteiger partial charge < -0.3 is 9.84 Å². The quantitative estimate of drug-likeness (QED) is 0.875. The molecular weight excluding hydrogens is 216 g/mol. The minimum atomic E-state index is -0.0726. The van der Waals surface area contributed by atoms with Gasteiger partial charge in [-0.25, -0.2) is 4.98 Å². The Labute approximate surface area is 99.9 Å². The van der Waals surface area contributed by atoms with Gasteiger partial charge in [-0.05, 0) is 19.1 Å². The number of aromatic nitrogens is 2. The maximum absolute atomic E-state index is 9.06. The van der Waals surface area contributed by atoms with Crippen LogP contribution in [0.15, 0.2) is 30.3 Å². The molecule has 1 N–H and O–H groups in total. The van der Waals surface area contributed by atoms with E-state index in [9.17, 15) is 0 Å². The van der Waals surface area contributed by atoms with Gasteiger partial charge in [0, 0.05) is 17.8 Å². The van der Waals surface area contributed by atoms with E-state index in [4.69, 9.17) is 9.84 Å². The van der Waals surface area contributed by atoms with Gasteiger partial charge in [0.2, 0.25) is 0 Å². The first-order chi connectivity index (χ1) is 8.22. The fourth-order valence-corrected chi connectivity index (χ4v) is 1.60. The van der Waals surface area contributed by atoms with Crippen molar-refractivity contribution in [1.29, 1.82) is 0 Å². The van der Waals surface area contributed by atoms with Crippen LogP contribution in [0.4, 0.5) is 0 Å². The summed E-state index contributed by atoms with van der Waals surface area (Å²) >= 11 is 0. The number of hydrogen-bond acceptors (Lipinski definition) is 4. The van der Waals surface area contributed by atoms with Crippen LogP contribution in [-0.4, -0.2) is 22.2 Å². The monoisotopic (exact) mass is 230 g/mol. The third-order valence-electron chi connectivity index (χ3n) is 2.39. The van der Waals surface area contributed by atoms with E-state index in [1.807, 2.05) is 31.2 Å². The SMILES string of the molecule is COc1cc(C)nc(-c2cccc(CO)n2)c1. The first kappa shape index (κ1) is 11.5. The number of aryl methyl sites for hydroxylation is 1. The van der Waals surface area contributed by atoms with Crippen LogP contribution in [0.25, 0.3) is 11.4 Å². The topological polar surface area (TPSA) is 55.2 Å². The predicted octanol–water partition coefficient (Wildman–Crippen LogP) is 1.95. The van der Waals surface area contributed by atoms with Crippen molar-refractivity contribution in [2.75, 3.05) is 7.11 Å². The number of hydrogen-bond donors (Lipinski definition) is 1. The minimum absolute atomic E-state index is 0.0726. The summed E-state index contributed by atoms with van der Waals surface area (Å²) in [5.41, 5.74) is 2.98. The second-order valence-corrected chi connectivity index (χ2v) is 3.71. The fraction of sp³-hybridized carbons (Fsp3) is 0.231. The summed E-state index contributed by atoms with van der Waals surface area (Å²) < 4.78 is 5.20. The van der Waals surface area contributed by atoms with Crippen molar-refractivity contribution in [1.82, 2.24) is 9.97 Å². The summed E-state index contributed by atoms with van der Waals surface area (Å²) in [4.78, 5) is 8.71. The zero-order chi connectivity index (χ0) is 12.3. The molecule has 0 fully saturated rings. The van der Waals surface area contributed by atoms with Crippen molar-refractivity contribution in [2.24, 2.45) is 0 Å².